The first-order chi connectivity index (χ1) is 14.1. The molecule has 2 heterocycles. The standard InChI is InChI=1S/C19H35N5O5S/c1-12(28-4)7-10-23-15-6-5-14(30(26,27)22-19(3)8-9-19)11-16(15)24(18(23)25)17-21-20-13(2)29-17/h12-17,20-22H,5-11H2,1-4H3. The smallest absolute Gasteiger partial charge is 0.323 e. The van der Waals surface area contributed by atoms with Gasteiger partial charge in [-0.15, -0.1) is 0 Å². The number of ether oxygens (including phenoxy) is 2. The van der Waals surface area contributed by atoms with Crippen molar-refractivity contribution >= 4 is 16.1 Å². The number of hydrogen-bond acceptors (Lipinski definition) is 7. The van der Waals surface area contributed by atoms with Gasteiger partial charge in [0.15, 0.2) is 0 Å². The summed E-state index contributed by atoms with van der Waals surface area (Å²) in [5.41, 5.74) is 5.72. The van der Waals surface area contributed by atoms with Crippen molar-refractivity contribution in [1.29, 1.82) is 0 Å². The lowest BCUT2D eigenvalue weighted by Gasteiger charge is -2.37. The molecule has 0 aromatic heterocycles. The van der Waals surface area contributed by atoms with Crippen molar-refractivity contribution in [2.45, 2.75) is 101 Å². The Morgan fingerprint density at radius 1 is 1.30 bits per heavy atom. The lowest BCUT2D eigenvalue weighted by molar-refractivity contribution is -0.0488. The van der Waals surface area contributed by atoms with E-state index >= 15 is 0 Å². The van der Waals surface area contributed by atoms with Gasteiger partial charge in [0.05, 0.1) is 23.4 Å². The zero-order chi connectivity index (χ0) is 21.7. The molecule has 4 aliphatic rings. The van der Waals surface area contributed by atoms with Crippen molar-refractivity contribution in [3.8, 4) is 0 Å². The number of urea groups is 1. The molecule has 6 unspecified atom stereocenters. The third-order valence-corrected chi connectivity index (χ3v) is 9.04. The summed E-state index contributed by atoms with van der Waals surface area (Å²) in [5, 5.41) is -0.504. The number of carbonyl (C=O) groups excluding carboxylic acids is 1. The lowest BCUT2D eigenvalue weighted by atomic mass is 9.89. The molecule has 3 N–H and O–H groups in total. The van der Waals surface area contributed by atoms with Crippen LogP contribution in [0.1, 0.15) is 59.3 Å². The molecule has 2 amide bonds. The van der Waals surface area contributed by atoms with Crippen molar-refractivity contribution in [3.05, 3.63) is 0 Å². The second-order valence-electron chi connectivity index (χ2n) is 9.42. The Hall–Kier alpha value is -0.980. The summed E-state index contributed by atoms with van der Waals surface area (Å²) in [6.07, 6.45) is 3.32. The Kier molecular flexibility index (Phi) is 6.06. The van der Waals surface area contributed by atoms with E-state index in [4.69, 9.17) is 9.47 Å². The molecule has 4 fully saturated rings. The first-order valence-electron chi connectivity index (χ1n) is 10.9. The quantitative estimate of drug-likeness (QED) is 0.503. The minimum atomic E-state index is -3.44. The van der Waals surface area contributed by atoms with Crippen LogP contribution in [0.4, 0.5) is 4.79 Å². The van der Waals surface area contributed by atoms with E-state index < -0.39 is 21.6 Å². The maximum Gasteiger partial charge on any atom is 0.323 e. The number of rotatable bonds is 8. The molecule has 2 saturated heterocycles. The average Bonchev–Trinajstić information content (AvgIpc) is 3.13. The number of amides is 2. The first-order valence-corrected chi connectivity index (χ1v) is 12.5. The summed E-state index contributed by atoms with van der Waals surface area (Å²) < 4.78 is 40.1. The number of methoxy groups -OCH3 is 1. The highest BCUT2D eigenvalue weighted by molar-refractivity contribution is 7.90. The number of carbonyl (C=O) groups is 1. The maximum absolute atomic E-state index is 13.4. The predicted molar refractivity (Wildman–Crippen MR) is 111 cm³/mol. The molecule has 2 aliphatic carbocycles. The van der Waals surface area contributed by atoms with E-state index in [9.17, 15) is 13.2 Å². The number of sulfonamides is 1. The summed E-state index contributed by atoms with van der Waals surface area (Å²) in [5.74, 6) is 0. The van der Waals surface area contributed by atoms with E-state index in [2.05, 4.69) is 15.6 Å². The molecule has 6 atom stereocenters. The van der Waals surface area contributed by atoms with Crippen molar-refractivity contribution in [2.24, 2.45) is 0 Å². The summed E-state index contributed by atoms with van der Waals surface area (Å²) >= 11 is 0. The largest absolute Gasteiger partial charge is 0.382 e. The molecule has 0 spiro atoms. The highest BCUT2D eigenvalue weighted by Crippen LogP contribution is 2.40. The molecule has 11 heteroatoms. The zero-order valence-electron chi connectivity index (χ0n) is 18.3. The number of hydrogen-bond donors (Lipinski definition) is 3. The minimum Gasteiger partial charge on any atom is -0.382 e. The molecule has 2 aliphatic heterocycles. The summed E-state index contributed by atoms with van der Waals surface area (Å²) in [4.78, 5) is 16.9. The number of nitrogens with zero attached hydrogens (tertiary/aromatic N) is 2. The fraction of sp³-hybridized carbons (Fsp3) is 0.947. The highest BCUT2D eigenvalue weighted by atomic mass is 32.2. The maximum atomic E-state index is 13.4. The summed E-state index contributed by atoms with van der Waals surface area (Å²) in [6, 6.07) is -0.352. The number of fused-ring (bicyclic) bond motifs is 1. The van der Waals surface area contributed by atoms with Gasteiger partial charge < -0.3 is 14.4 Å². The molecule has 2 saturated carbocycles. The van der Waals surface area contributed by atoms with Crippen LogP contribution in [0.3, 0.4) is 0 Å². The van der Waals surface area contributed by atoms with E-state index in [0.717, 1.165) is 19.3 Å². The van der Waals surface area contributed by atoms with Crippen LogP contribution < -0.4 is 15.6 Å². The van der Waals surface area contributed by atoms with Crippen LogP contribution in [0.2, 0.25) is 0 Å². The van der Waals surface area contributed by atoms with E-state index in [0.29, 0.717) is 25.8 Å². The van der Waals surface area contributed by atoms with Gasteiger partial charge >= 0.3 is 6.03 Å². The van der Waals surface area contributed by atoms with Crippen molar-refractivity contribution in [1.82, 2.24) is 25.4 Å². The lowest BCUT2D eigenvalue weighted by Crippen LogP contribution is -2.54. The van der Waals surface area contributed by atoms with Gasteiger partial charge in [-0.05, 0) is 59.3 Å². The molecule has 0 bridgehead atoms. The van der Waals surface area contributed by atoms with Crippen LogP contribution >= 0.6 is 0 Å². The van der Waals surface area contributed by atoms with Gasteiger partial charge in [0.2, 0.25) is 16.4 Å². The Bertz CT molecular complexity index is 760. The molecule has 0 aromatic carbocycles. The highest BCUT2D eigenvalue weighted by Gasteiger charge is 2.54. The minimum absolute atomic E-state index is 0.0224. The molecule has 172 valence electrons. The average molecular weight is 446 g/mol. The summed E-state index contributed by atoms with van der Waals surface area (Å²) in [6.45, 7) is 6.37. The van der Waals surface area contributed by atoms with E-state index in [-0.39, 0.29) is 36.0 Å². The van der Waals surface area contributed by atoms with Gasteiger partial charge in [-0.3, -0.25) is 4.90 Å². The van der Waals surface area contributed by atoms with Crippen LogP contribution in [-0.2, 0) is 19.5 Å². The van der Waals surface area contributed by atoms with Gasteiger partial charge in [-0.1, -0.05) is 0 Å². The van der Waals surface area contributed by atoms with Gasteiger partial charge in [-0.2, -0.15) is 0 Å². The fourth-order valence-corrected chi connectivity index (χ4v) is 6.70. The number of nitrogens with one attached hydrogen (secondary N) is 3. The summed E-state index contributed by atoms with van der Waals surface area (Å²) in [7, 11) is -1.78. The molecular weight excluding hydrogens is 410 g/mol. The third-order valence-electron chi connectivity index (χ3n) is 6.96. The monoisotopic (exact) mass is 445 g/mol. The molecule has 0 radical (unpaired) electrons. The Morgan fingerprint density at radius 3 is 2.63 bits per heavy atom. The van der Waals surface area contributed by atoms with E-state index in [1.54, 1.807) is 12.0 Å². The second-order valence-corrected chi connectivity index (χ2v) is 11.4. The topological polar surface area (TPSA) is 112 Å². The molecule has 0 aromatic rings. The third kappa shape index (κ3) is 4.33. The van der Waals surface area contributed by atoms with Gasteiger partial charge in [0.1, 0.15) is 6.23 Å². The van der Waals surface area contributed by atoms with Crippen LogP contribution in [0, 0.1) is 0 Å². The molecule has 10 nitrogen and oxygen atoms in total. The number of hydrazine groups is 1. The van der Waals surface area contributed by atoms with Crippen LogP contribution in [-0.4, -0.2) is 79.5 Å². The predicted octanol–water partition coefficient (Wildman–Crippen LogP) is 0.665. The first kappa shape index (κ1) is 22.2. The fourth-order valence-electron chi connectivity index (χ4n) is 4.75. The van der Waals surface area contributed by atoms with Crippen molar-refractivity contribution in [3.63, 3.8) is 0 Å². The molecule has 4 rings (SSSR count). The molecular formula is C19H35N5O5S. The normalized spacial score (nSPS) is 36.8. The molecule has 30 heavy (non-hydrogen) atoms. The van der Waals surface area contributed by atoms with E-state index in [1.807, 2.05) is 25.7 Å². The van der Waals surface area contributed by atoms with Crippen molar-refractivity contribution in [2.75, 3.05) is 13.7 Å². The van der Waals surface area contributed by atoms with Crippen LogP contribution in [0.15, 0.2) is 0 Å². The Labute approximate surface area is 179 Å². The second kappa shape index (κ2) is 8.18. The van der Waals surface area contributed by atoms with Crippen molar-refractivity contribution < 1.29 is 22.7 Å². The van der Waals surface area contributed by atoms with Crippen LogP contribution in [0.5, 0.6) is 0 Å². The van der Waals surface area contributed by atoms with Gasteiger partial charge in [0.25, 0.3) is 0 Å². The van der Waals surface area contributed by atoms with E-state index in [1.165, 1.54) is 0 Å². The van der Waals surface area contributed by atoms with Gasteiger partial charge in [-0.25, -0.2) is 28.8 Å². The Morgan fingerprint density at radius 2 is 2.03 bits per heavy atom. The SMILES string of the molecule is COC(C)CCN1C(=O)N(C2NNC(C)O2)C2CC(S(=O)(=O)NC3(C)CC3)CCC21. The van der Waals surface area contributed by atoms with Gasteiger partial charge in [0, 0.05) is 19.2 Å². The Balaban J connectivity index is 1.53. The van der Waals surface area contributed by atoms with Crippen LogP contribution in [0.25, 0.3) is 0 Å². The zero-order valence-corrected chi connectivity index (χ0v) is 19.1.